The van der Waals surface area contributed by atoms with Crippen molar-refractivity contribution in [2.45, 2.75) is 39.7 Å². The van der Waals surface area contributed by atoms with E-state index in [9.17, 15) is 9.59 Å². The van der Waals surface area contributed by atoms with Crippen LogP contribution in [0.1, 0.15) is 63.5 Å². The molecule has 1 aliphatic heterocycles. The molecule has 5 nitrogen and oxygen atoms in total. The van der Waals surface area contributed by atoms with Crippen molar-refractivity contribution in [2.75, 3.05) is 6.54 Å². The lowest BCUT2D eigenvalue weighted by molar-refractivity contribution is 0.0729. The number of hydrogen-bond acceptors (Lipinski definition) is 3. The van der Waals surface area contributed by atoms with E-state index in [1.54, 1.807) is 6.20 Å². The maximum atomic E-state index is 13.0. The third-order valence-corrected chi connectivity index (χ3v) is 4.59. The predicted octanol–water partition coefficient (Wildman–Crippen LogP) is 3.21. The summed E-state index contributed by atoms with van der Waals surface area (Å²) in [7, 11) is 0. The van der Waals surface area contributed by atoms with Gasteiger partial charge < -0.3 is 9.88 Å². The fourth-order valence-electron chi connectivity index (χ4n) is 3.56. The Hall–Kier alpha value is -2.43. The van der Waals surface area contributed by atoms with Crippen LogP contribution in [0.5, 0.6) is 0 Å². The van der Waals surface area contributed by atoms with Crippen molar-refractivity contribution in [1.82, 2.24) is 14.9 Å². The molecule has 1 saturated heterocycles. The van der Waals surface area contributed by atoms with Crippen molar-refractivity contribution in [3.05, 3.63) is 52.6 Å². The van der Waals surface area contributed by atoms with Gasteiger partial charge in [0.15, 0.2) is 5.78 Å². The molecule has 3 heterocycles. The molecular weight excluding hydrogens is 290 g/mol. The quantitative estimate of drug-likeness (QED) is 0.885. The number of hydrogen-bond donors (Lipinski definition) is 1. The number of rotatable bonds is 3. The van der Waals surface area contributed by atoms with Gasteiger partial charge in [0.1, 0.15) is 5.69 Å². The highest BCUT2D eigenvalue weighted by Gasteiger charge is 2.33. The van der Waals surface area contributed by atoms with Gasteiger partial charge in [-0.15, -0.1) is 0 Å². The Morgan fingerprint density at radius 2 is 2.13 bits per heavy atom. The van der Waals surface area contributed by atoms with Gasteiger partial charge in [-0.2, -0.15) is 0 Å². The smallest absolute Gasteiger partial charge is 0.271 e. The summed E-state index contributed by atoms with van der Waals surface area (Å²) in [6.45, 7) is 5.93. The molecular formula is C18H21N3O2. The molecule has 2 aromatic rings. The van der Waals surface area contributed by atoms with Gasteiger partial charge in [-0.05, 0) is 50.8 Å². The zero-order valence-electron chi connectivity index (χ0n) is 13.7. The van der Waals surface area contributed by atoms with Crippen LogP contribution >= 0.6 is 0 Å². The van der Waals surface area contributed by atoms with E-state index in [1.807, 2.05) is 37.1 Å². The highest BCUT2D eigenvalue weighted by molar-refractivity contribution is 6.02. The van der Waals surface area contributed by atoms with Crippen LogP contribution in [0, 0.1) is 13.8 Å². The highest BCUT2D eigenvalue weighted by atomic mass is 16.2. The Labute approximate surface area is 135 Å². The Kier molecular flexibility index (Phi) is 4.03. The molecule has 5 heteroatoms. The minimum Gasteiger partial charge on any atom is -0.354 e. The van der Waals surface area contributed by atoms with Crippen molar-refractivity contribution < 1.29 is 9.59 Å². The van der Waals surface area contributed by atoms with E-state index < -0.39 is 0 Å². The lowest BCUT2D eigenvalue weighted by Crippen LogP contribution is -2.31. The standard InChI is InChI=1S/C18H21N3O2/c1-11-16(13(3)22)12(2)20-17(11)18(23)21-9-5-7-15(21)14-6-4-8-19-10-14/h4,6,8,10,15,20H,5,7,9H2,1-3H3/t15-/m0/s1. The van der Waals surface area contributed by atoms with E-state index in [0.29, 0.717) is 11.3 Å². The maximum Gasteiger partial charge on any atom is 0.271 e. The number of Topliss-reactive ketones (excluding diaryl/α,β-unsaturated/α-hetero) is 1. The average Bonchev–Trinajstić information content (AvgIpc) is 3.12. The number of ketones is 1. The van der Waals surface area contributed by atoms with Crippen LogP contribution < -0.4 is 0 Å². The van der Waals surface area contributed by atoms with Crippen LogP contribution in [-0.4, -0.2) is 33.1 Å². The van der Waals surface area contributed by atoms with E-state index in [2.05, 4.69) is 9.97 Å². The summed E-state index contributed by atoms with van der Waals surface area (Å²) >= 11 is 0. The molecule has 0 saturated carbocycles. The van der Waals surface area contributed by atoms with Crippen molar-refractivity contribution in [1.29, 1.82) is 0 Å². The third-order valence-electron chi connectivity index (χ3n) is 4.59. The van der Waals surface area contributed by atoms with Gasteiger partial charge in [0.25, 0.3) is 5.91 Å². The van der Waals surface area contributed by atoms with E-state index in [-0.39, 0.29) is 17.7 Å². The zero-order valence-corrected chi connectivity index (χ0v) is 13.7. The molecule has 1 amide bonds. The average molecular weight is 311 g/mol. The molecule has 0 bridgehead atoms. The monoisotopic (exact) mass is 311 g/mol. The SMILES string of the molecule is CC(=O)c1c(C)[nH]c(C(=O)N2CCC[C@H]2c2cccnc2)c1C. The molecule has 120 valence electrons. The topological polar surface area (TPSA) is 66.1 Å². The Balaban J connectivity index is 1.94. The maximum absolute atomic E-state index is 13.0. The number of aromatic nitrogens is 2. The van der Waals surface area contributed by atoms with Crippen molar-refractivity contribution in [3.8, 4) is 0 Å². The number of nitrogens with zero attached hydrogens (tertiary/aromatic N) is 2. The molecule has 1 fully saturated rings. The normalized spacial score (nSPS) is 17.5. The molecule has 0 radical (unpaired) electrons. The predicted molar refractivity (Wildman–Crippen MR) is 87.5 cm³/mol. The molecule has 0 aliphatic carbocycles. The zero-order chi connectivity index (χ0) is 16.6. The summed E-state index contributed by atoms with van der Waals surface area (Å²) < 4.78 is 0. The van der Waals surface area contributed by atoms with E-state index >= 15 is 0 Å². The second-order valence-corrected chi connectivity index (χ2v) is 6.12. The molecule has 0 aromatic carbocycles. The van der Waals surface area contributed by atoms with Crippen LogP contribution in [0.25, 0.3) is 0 Å². The first-order valence-electron chi connectivity index (χ1n) is 7.91. The first-order chi connectivity index (χ1) is 11.0. The molecule has 1 atom stereocenters. The number of likely N-dealkylation sites (tertiary alicyclic amines) is 1. The lowest BCUT2D eigenvalue weighted by atomic mass is 10.0. The van der Waals surface area contributed by atoms with Gasteiger partial charge in [0.05, 0.1) is 6.04 Å². The minimum atomic E-state index is -0.0375. The Morgan fingerprint density at radius 3 is 2.74 bits per heavy atom. The van der Waals surface area contributed by atoms with Gasteiger partial charge in [-0.25, -0.2) is 0 Å². The van der Waals surface area contributed by atoms with Crippen molar-refractivity contribution >= 4 is 11.7 Å². The van der Waals surface area contributed by atoms with E-state index in [1.165, 1.54) is 6.92 Å². The van der Waals surface area contributed by atoms with Crippen molar-refractivity contribution in [2.24, 2.45) is 0 Å². The Bertz CT molecular complexity index is 749. The molecule has 1 aliphatic rings. The molecule has 0 unspecified atom stereocenters. The van der Waals surface area contributed by atoms with Crippen molar-refractivity contribution in [3.63, 3.8) is 0 Å². The Morgan fingerprint density at radius 1 is 1.35 bits per heavy atom. The summed E-state index contributed by atoms with van der Waals surface area (Å²) in [6.07, 6.45) is 5.48. The fraction of sp³-hybridized carbons (Fsp3) is 0.389. The fourth-order valence-corrected chi connectivity index (χ4v) is 3.56. The number of nitrogens with one attached hydrogen (secondary N) is 1. The van der Waals surface area contributed by atoms with Crippen LogP contribution in [0.15, 0.2) is 24.5 Å². The highest BCUT2D eigenvalue weighted by Crippen LogP contribution is 2.33. The van der Waals surface area contributed by atoms with Gasteiger partial charge in [0.2, 0.25) is 0 Å². The van der Waals surface area contributed by atoms with Gasteiger partial charge in [-0.1, -0.05) is 6.07 Å². The summed E-state index contributed by atoms with van der Waals surface area (Å²) in [5.41, 5.74) is 3.73. The number of aromatic amines is 1. The number of aryl methyl sites for hydroxylation is 1. The third kappa shape index (κ3) is 2.67. The van der Waals surface area contributed by atoms with E-state index in [4.69, 9.17) is 0 Å². The van der Waals surface area contributed by atoms with Crippen LogP contribution in [0.3, 0.4) is 0 Å². The molecule has 2 aromatic heterocycles. The van der Waals surface area contributed by atoms with Gasteiger partial charge in [-0.3, -0.25) is 14.6 Å². The van der Waals surface area contributed by atoms with E-state index in [0.717, 1.165) is 36.2 Å². The first-order valence-corrected chi connectivity index (χ1v) is 7.91. The van der Waals surface area contributed by atoms with Crippen LogP contribution in [0.4, 0.5) is 0 Å². The summed E-state index contributed by atoms with van der Waals surface area (Å²) in [4.78, 5) is 33.9. The second-order valence-electron chi connectivity index (χ2n) is 6.12. The summed E-state index contributed by atoms with van der Waals surface area (Å²) in [5.74, 6) is -0.0509. The number of carbonyl (C=O) groups is 2. The summed E-state index contributed by atoms with van der Waals surface area (Å²) in [5, 5.41) is 0. The number of amides is 1. The lowest BCUT2D eigenvalue weighted by Gasteiger charge is -2.24. The van der Waals surface area contributed by atoms with Crippen LogP contribution in [-0.2, 0) is 0 Å². The molecule has 1 N–H and O–H groups in total. The molecule has 0 spiro atoms. The molecule has 23 heavy (non-hydrogen) atoms. The largest absolute Gasteiger partial charge is 0.354 e. The van der Waals surface area contributed by atoms with Crippen LogP contribution in [0.2, 0.25) is 0 Å². The van der Waals surface area contributed by atoms with Gasteiger partial charge >= 0.3 is 0 Å². The number of H-pyrrole nitrogens is 1. The number of carbonyl (C=O) groups excluding carboxylic acids is 2. The summed E-state index contributed by atoms with van der Waals surface area (Å²) in [6, 6.07) is 3.96. The second kappa shape index (κ2) is 5.99. The minimum absolute atomic E-state index is 0.0134. The molecule has 3 rings (SSSR count). The first kappa shape index (κ1) is 15.5. The number of pyridine rings is 1. The van der Waals surface area contributed by atoms with Gasteiger partial charge in [0, 0.05) is 30.2 Å².